The Hall–Kier alpha value is -2.89. The summed E-state index contributed by atoms with van der Waals surface area (Å²) in [4.78, 5) is 28.2. The molecule has 124 valence electrons. The summed E-state index contributed by atoms with van der Waals surface area (Å²) >= 11 is 0. The highest BCUT2D eigenvalue weighted by atomic mass is 16.5. The van der Waals surface area contributed by atoms with Crippen molar-refractivity contribution in [2.24, 2.45) is 11.1 Å². The van der Waals surface area contributed by atoms with Gasteiger partial charge in [-0.05, 0) is 37.5 Å². The zero-order valence-electron chi connectivity index (χ0n) is 13.4. The minimum Gasteiger partial charge on any atom is -0.439 e. The molecule has 24 heavy (non-hydrogen) atoms. The van der Waals surface area contributed by atoms with E-state index in [2.05, 4.69) is 10.3 Å². The van der Waals surface area contributed by atoms with Crippen LogP contribution in [0.4, 0.5) is 5.69 Å². The van der Waals surface area contributed by atoms with Gasteiger partial charge in [-0.3, -0.25) is 9.59 Å². The molecule has 3 rings (SSSR count). The van der Waals surface area contributed by atoms with Crippen LogP contribution in [0.25, 0.3) is 0 Å². The number of pyridine rings is 1. The molecule has 1 aromatic carbocycles. The van der Waals surface area contributed by atoms with Crippen molar-refractivity contribution in [3.8, 4) is 11.6 Å². The van der Waals surface area contributed by atoms with Gasteiger partial charge in [-0.25, -0.2) is 4.98 Å². The van der Waals surface area contributed by atoms with Crippen LogP contribution in [0.5, 0.6) is 11.6 Å². The van der Waals surface area contributed by atoms with Crippen molar-refractivity contribution < 1.29 is 14.3 Å². The highest BCUT2D eigenvalue weighted by Gasteiger charge is 2.49. The van der Waals surface area contributed by atoms with Gasteiger partial charge in [0.25, 0.3) is 0 Å². The van der Waals surface area contributed by atoms with Crippen LogP contribution in [-0.4, -0.2) is 16.8 Å². The highest BCUT2D eigenvalue weighted by molar-refractivity contribution is 6.10. The summed E-state index contributed by atoms with van der Waals surface area (Å²) in [6.07, 6.45) is 3.47. The summed E-state index contributed by atoms with van der Waals surface area (Å²) in [5, 5.41) is 2.78. The lowest BCUT2D eigenvalue weighted by Gasteiger charge is -2.36. The normalized spacial score (nSPS) is 15.2. The lowest BCUT2D eigenvalue weighted by Crippen LogP contribution is -2.51. The Balaban J connectivity index is 1.79. The number of nitrogens with zero attached hydrogens (tertiary/aromatic N) is 1. The van der Waals surface area contributed by atoms with Crippen molar-refractivity contribution in [1.29, 1.82) is 0 Å². The Morgan fingerprint density at radius 2 is 2.04 bits per heavy atom. The number of amides is 2. The fourth-order valence-electron chi connectivity index (χ4n) is 2.67. The van der Waals surface area contributed by atoms with Crippen LogP contribution in [0.15, 0.2) is 42.6 Å². The Morgan fingerprint density at radius 1 is 1.25 bits per heavy atom. The van der Waals surface area contributed by atoms with Gasteiger partial charge in [-0.2, -0.15) is 0 Å². The molecule has 1 aliphatic rings. The van der Waals surface area contributed by atoms with E-state index in [1.54, 1.807) is 30.5 Å². The molecule has 0 unspecified atom stereocenters. The number of nitrogens with one attached hydrogen (secondary N) is 1. The summed E-state index contributed by atoms with van der Waals surface area (Å²) in [5.74, 6) is 0.141. The largest absolute Gasteiger partial charge is 0.439 e. The molecule has 0 aliphatic heterocycles. The number of ether oxygens (including phenoxy) is 1. The minimum atomic E-state index is -1.08. The maximum absolute atomic E-state index is 12.4. The Morgan fingerprint density at radius 3 is 2.62 bits per heavy atom. The van der Waals surface area contributed by atoms with Crippen molar-refractivity contribution in [3.63, 3.8) is 0 Å². The third-order valence-electron chi connectivity index (χ3n) is 4.41. The molecule has 6 heteroatoms. The molecule has 0 spiro atoms. The quantitative estimate of drug-likeness (QED) is 0.826. The van der Waals surface area contributed by atoms with Gasteiger partial charge < -0.3 is 15.8 Å². The summed E-state index contributed by atoms with van der Waals surface area (Å²) in [5.41, 5.74) is 5.80. The third-order valence-corrected chi connectivity index (χ3v) is 4.41. The molecule has 0 saturated heterocycles. The van der Waals surface area contributed by atoms with Gasteiger partial charge in [0, 0.05) is 24.0 Å². The fourth-order valence-corrected chi connectivity index (χ4v) is 2.67. The molecule has 0 radical (unpaired) electrons. The van der Waals surface area contributed by atoms with E-state index >= 15 is 0 Å². The van der Waals surface area contributed by atoms with Crippen LogP contribution in [-0.2, 0) is 9.59 Å². The van der Waals surface area contributed by atoms with Crippen molar-refractivity contribution in [3.05, 3.63) is 48.2 Å². The second-order valence-corrected chi connectivity index (χ2v) is 6.00. The van der Waals surface area contributed by atoms with Crippen molar-refractivity contribution in [1.82, 2.24) is 4.98 Å². The van der Waals surface area contributed by atoms with Gasteiger partial charge >= 0.3 is 0 Å². The van der Waals surface area contributed by atoms with Crippen LogP contribution in [0.3, 0.4) is 0 Å². The number of anilines is 1. The first-order chi connectivity index (χ1) is 11.5. The number of aryl methyl sites for hydroxylation is 1. The summed E-state index contributed by atoms with van der Waals surface area (Å²) in [6, 6.07) is 10.7. The van der Waals surface area contributed by atoms with Gasteiger partial charge in [-0.1, -0.05) is 18.6 Å². The second-order valence-electron chi connectivity index (χ2n) is 6.00. The summed E-state index contributed by atoms with van der Waals surface area (Å²) in [7, 11) is 0. The SMILES string of the molecule is Cc1ccc(NC(=O)C2(C(N)=O)CCC2)cc1Oc1ccccn1. The van der Waals surface area contributed by atoms with E-state index in [1.165, 1.54) is 0 Å². The zero-order valence-corrected chi connectivity index (χ0v) is 13.4. The van der Waals surface area contributed by atoms with Crippen molar-refractivity contribution in [2.75, 3.05) is 5.32 Å². The van der Waals surface area contributed by atoms with E-state index in [0.29, 0.717) is 30.2 Å². The van der Waals surface area contributed by atoms with Crippen LogP contribution in [0, 0.1) is 12.3 Å². The number of carbonyl (C=O) groups excluding carboxylic acids is 2. The molecule has 0 atom stereocenters. The van der Waals surface area contributed by atoms with Gasteiger partial charge in [0.2, 0.25) is 17.7 Å². The summed E-state index contributed by atoms with van der Waals surface area (Å²) < 4.78 is 5.75. The number of aromatic nitrogens is 1. The van der Waals surface area contributed by atoms with Crippen LogP contribution in [0.1, 0.15) is 24.8 Å². The first-order valence-corrected chi connectivity index (χ1v) is 7.82. The average molecular weight is 325 g/mol. The van der Waals surface area contributed by atoms with Crippen molar-refractivity contribution in [2.45, 2.75) is 26.2 Å². The highest BCUT2D eigenvalue weighted by Crippen LogP contribution is 2.41. The molecule has 1 aromatic heterocycles. The van der Waals surface area contributed by atoms with Gasteiger partial charge in [0.1, 0.15) is 11.2 Å². The molecule has 1 aliphatic carbocycles. The Kier molecular flexibility index (Phi) is 4.20. The predicted octanol–water partition coefficient (Wildman–Crippen LogP) is 2.78. The topological polar surface area (TPSA) is 94.3 Å². The molecule has 2 aromatic rings. The first kappa shape index (κ1) is 16.0. The molecule has 0 bridgehead atoms. The van der Waals surface area contributed by atoms with Crippen LogP contribution >= 0.6 is 0 Å². The lowest BCUT2D eigenvalue weighted by atomic mass is 9.67. The number of primary amides is 1. The number of rotatable bonds is 5. The Bertz CT molecular complexity index is 770. The average Bonchev–Trinajstić information content (AvgIpc) is 2.50. The maximum atomic E-state index is 12.4. The smallest absolute Gasteiger partial charge is 0.240 e. The fraction of sp³-hybridized carbons (Fsp3) is 0.278. The van der Waals surface area contributed by atoms with Gasteiger partial charge in [0.15, 0.2) is 0 Å². The van der Waals surface area contributed by atoms with Crippen LogP contribution in [0.2, 0.25) is 0 Å². The molecular formula is C18H19N3O3. The lowest BCUT2D eigenvalue weighted by molar-refractivity contribution is -0.144. The first-order valence-electron chi connectivity index (χ1n) is 7.82. The van der Waals surface area contributed by atoms with Crippen molar-refractivity contribution >= 4 is 17.5 Å². The van der Waals surface area contributed by atoms with Gasteiger partial charge in [-0.15, -0.1) is 0 Å². The number of carbonyl (C=O) groups is 2. The molecule has 1 fully saturated rings. The van der Waals surface area contributed by atoms with Gasteiger partial charge in [0.05, 0.1) is 0 Å². The van der Waals surface area contributed by atoms with Crippen LogP contribution < -0.4 is 15.8 Å². The standard InChI is InChI=1S/C18H19N3O3/c1-12-6-7-13(11-14(12)24-15-5-2-3-10-20-15)21-17(23)18(16(19)22)8-4-9-18/h2-3,5-7,10-11H,4,8-9H2,1H3,(H2,19,22)(H,21,23). The van der Waals surface area contributed by atoms with E-state index in [1.807, 2.05) is 19.1 Å². The molecule has 1 heterocycles. The van der Waals surface area contributed by atoms with E-state index < -0.39 is 11.3 Å². The van der Waals surface area contributed by atoms with E-state index in [4.69, 9.17) is 10.5 Å². The second kappa shape index (κ2) is 6.31. The van der Waals surface area contributed by atoms with E-state index in [0.717, 1.165) is 12.0 Å². The predicted molar refractivity (Wildman–Crippen MR) is 89.6 cm³/mol. The molecule has 2 amide bonds. The van der Waals surface area contributed by atoms with E-state index in [9.17, 15) is 9.59 Å². The monoisotopic (exact) mass is 325 g/mol. The molecule has 6 nitrogen and oxygen atoms in total. The Labute approximate surface area is 140 Å². The molecular weight excluding hydrogens is 306 g/mol. The third kappa shape index (κ3) is 2.95. The summed E-state index contributed by atoms with van der Waals surface area (Å²) in [6.45, 7) is 1.90. The maximum Gasteiger partial charge on any atom is 0.240 e. The van der Waals surface area contributed by atoms with E-state index in [-0.39, 0.29) is 5.91 Å². The number of hydrogen-bond acceptors (Lipinski definition) is 4. The molecule has 3 N–H and O–H groups in total. The zero-order chi connectivity index (χ0) is 17.2. The minimum absolute atomic E-state index is 0.353. The number of nitrogens with two attached hydrogens (primary N) is 1. The molecule has 1 saturated carbocycles. The number of benzene rings is 1. The number of hydrogen-bond donors (Lipinski definition) is 2.